The summed E-state index contributed by atoms with van der Waals surface area (Å²) in [6, 6.07) is 8.39. The van der Waals surface area contributed by atoms with E-state index < -0.39 is 24.0 Å². The van der Waals surface area contributed by atoms with Crippen LogP contribution in [0.3, 0.4) is 0 Å². The summed E-state index contributed by atoms with van der Waals surface area (Å²) >= 11 is 0. The molecule has 1 aliphatic rings. The van der Waals surface area contributed by atoms with E-state index in [1.807, 2.05) is 18.2 Å². The van der Waals surface area contributed by atoms with E-state index in [9.17, 15) is 19.2 Å². The molecular formula is C16H18N4O6. The molecule has 26 heavy (non-hydrogen) atoms. The van der Waals surface area contributed by atoms with Gasteiger partial charge in [-0.2, -0.15) is 5.10 Å². The molecule has 1 N–H and O–H groups in total. The Morgan fingerprint density at radius 2 is 2.04 bits per heavy atom. The lowest BCUT2D eigenvalue weighted by atomic mass is 10.2. The summed E-state index contributed by atoms with van der Waals surface area (Å²) in [5.74, 6) is -1.11. The van der Waals surface area contributed by atoms with Gasteiger partial charge in [0.2, 0.25) is 5.91 Å². The van der Waals surface area contributed by atoms with Crippen molar-refractivity contribution >= 4 is 30.2 Å². The SMILES string of the molecule is COC(=O)CN(C/C=N/N1CC(=O)NC1=O)C(=O)OCc1ccccc1. The second-order valence-corrected chi connectivity index (χ2v) is 5.21. The van der Waals surface area contributed by atoms with Gasteiger partial charge >= 0.3 is 18.1 Å². The standard InChI is InChI=1S/C16H18N4O6/c1-25-14(22)10-19(8-7-17-20-9-13(21)18-15(20)23)16(24)26-11-12-5-3-2-4-6-12/h2-7H,8-11H2,1H3,(H,18,21,23)/b17-7+. The molecule has 0 atom stereocenters. The molecule has 0 saturated carbocycles. The molecule has 0 unspecified atom stereocenters. The van der Waals surface area contributed by atoms with E-state index in [1.165, 1.54) is 13.3 Å². The predicted molar refractivity (Wildman–Crippen MR) is 89.0 cm³/mol. The van der Waals surface area contributed by atoms with E-state index >= 15 is 0 Å². The van der Waals surface area contributed by atoms with Crippen molar-refractivity contribution in [3.8, 4) is 0 Å². The zero-order valence-corrected chi connectivity index (χ0v) is 14.1. The number of benzene rings is 1. The van der Waals surface area contributed by atoms with Crippen LogP contribution in [0.1, 0.15) is 5.56 Å². The Kier molecular flexibility index (Phi) is 6.66. The van der Waals surface area contributed by atoms with Gasteiger partial charge in [-0.1, -0.05) is 30.3 Å². The Morgan fingerprint density at radius 3 is 2.65 bits per heavy atom. The summed E-state index contributed by atoms with van der Waals surface area (Å²) in [7, 11) is 1.20. The van der Waals surface area contributed by atoms with E-state index in [4.69, 9.17) is 4.74 Å². The van der Waals surface area contributed by atoms with Gasteiger partial charge in [-0.05, 0) is 5.56 Å². The lowest BCUT2D eigenvalue weighted by molar-refractivity contribution is -0.141. The Morgan fingerprint density at radius 1 is 1.31 bits per heavy atom. The van der Waals surface area contributed by atoms with Crippen LogP contribution < -0.4 is 5.32 Å². The number of methoxy groups -OCH3 is 1. The van der Waals surface area contributed by atoms with Gasteiger partial charge in [0.25, 0.3) is 0 Å². The first-order valence-electron chi connectivity index (χ1n) is 7.66. The third-order valence-corrected chi connectivity index (χ3v) is 3.31. The molecule has 1 fully saturated rings. The third-order valence-electron chi connectivity index (χ3n) is 3.31. The van der Waals surface area contributed by atoms with Crippen molar-refractivity contribution in [2.24, 2.45) is 5.10 Å². The van der Waals surface area contributed by atoms with Gasteiger partial charge in [-0.3, -0.25) is 19.8 Å². The number of urea groups is 1. The van der Waals surface area contributed by atoms with Crippen LogP contribution in [0.5, 0.6) is 0 Å². The number of hydrogen-bond donors (Lipinski definition) is 1. The van der Waals surface area contributed by atoms with E-state index in [-0.39, 0.29) is 26.2 Å². The van der Waals surface area contributed by atoms with Crippen LogP contribution in [0.4, 0.5) is 9.59 Å². The second-order valence-electron chi connectivity index (χ2n) is 5.21. The van der Waals surface area contributed by atoms with Crippen molar-refractivity contribution < 1.29 is 28.7 Å². The number of nitrogens with one attached hydrogen (secondary N) is 1. The van der Waals surface area contributed by atoms with Crippen molar-refractivity contribution in [2.75, 3.05) is 26.7 Å². The fraction of sp³-hybridized carbons (Fsp3) is 0.312. The number of esters is 1. The lowest BCUT2D eigenvalue weighted by Gasteiger charge is -2.19. The van der Waals surface area contributed by atoms with Crippen LogP contribution >= 0.6 is 0 Å². The molecule has 10 nitrogen and oxygen atoms in total. The summed E-state index contributed by atoms with van der Waals surface area (Å²) in [5.41, 5.74) is 0.791. The normalized spacial score (nSPS) is 13.7. The number of rotatable bonds is 7. The number of hydrogen-bond acceptors (Lipinski definition) is 7. The van der Waals surface area contributed by atoms with Crippen LogP contribution in [0, 0.1) is 0 Å². The molecule has 1 saturated heterocycles. The largest absolute Gasteiger partial charge is 0.468 e. The van der Waals surface area contributed by atoms with Gasteiger partial charge < -0.3 is 9.47 Å². The molecule has 1 aromatic carbocycles. The highest BCUT2D eigenvalue weighted by atomic mass is 16.6. The molecule has 1 heterocycles. The maximum absolute atomic E-state index is 12.2. The summed E-state index contributed by atoms with van der Waals surface area (Å²) < 4.78 is 9.72. The topological polar surface area (TPSA) is 118 Å². The minimum atomic E-state index is -0.743. The molecule has 1 aromatic rings. The zero-order valence-electron chi connectivity index (χ0n) is 14.1. The fourth-order valence-corrected chi connectivity index (χ4v) is 1.99. The third kappa shape index (κ3) is 5.58. The number of nitrogens with zero attached hydrogens (tertiary/aromatic N) is 3. The van der Waals surface area contributed by atoms with Gasteiger partial charge in [0, 0.05) is 6.21 Å². The molecule has 10 heteroatoms. The Hall–Kier alpha value is -3.43. The van der Waals surface area contributed by atoms with E-state index in [2.05, 4.69) is 15.2 Å². The van der Waals surface area contributed by atoms with E-state index in [0.29, 0.717) is 0 Å². The summed E-state index contributed by atoms with van der Waals surface area (Å²) in [4.78, 5) is 47.2. The fourth-order valence-electron chi connectivity index (χ4n) is 1.99. The number of amides is 4. The van der Waals surface area contributed by atoms with Crippen LogP contribution in [-0.4, -0.2) is 66.9 Å². The molecule has 0 aliphatic carbocycles. The lowest BCUT2D eigenvalue weighted by Crippen LogP contribution is -2.38. The van der Waals surface area contributed by atoms with Gasteiger partial charge in [0.05, 0.1) is 13.7 Å². The highest BCUT2D eigenvalue weighted by Crippen LogP contribution is 2.04. The maximum Gasteiger partial charge on any atom is 0.410 e. The monoisotopic (exact) mass is 362 g/mol. The minimum Gasteiger partial charge on any atom is -0.468 e. The molecule has 4 amide bonds. The molecule has 138 valence electrons. The summed E-state index contributed by atoms with van der Waals surface area (Å²) in [5, 5.41) is 6.78. The van der Waals surface area contributed by atoms with Gasteiger partial charge in [-0.25, -0.2) is 14.6 Å². The first kappa shape index (κ1) is 18.9. The Labute approximate surface area is 149 Å². The van der Waals surface area contributed by atoms with Crippen LogP contribution in [0.25, 0.3) is 0 Å². The molecule has 0 radical (unpaired) electrons. The quantitative estimate of drug-likeness (QED) is 0.424. The Balaban J connectivity index is 1.93. The smallest absolute Gasteiger partial charge is 0.410 e. The highest BCUT2D eigenvalue weighted by Gasteiger charge is 2.26. The van der Waals surface area contributed by atoms with Crippen molar-refractivity contribution in [3.05, 3.63) is 35.9 Å². The molecule has 0 aromatic heterocycles. The molecule has 0 bridgehead atoms. The molecule has 1 aliphatic heterocycles. The zero-order chi connectivity index (χ0) is 18.9. The average molecular weight is 362 g/mol. The second kappa shape index (κ2) is 9.16. The number of imide groups is 1. The number of hydrazone groups is 1. The minimum absolute atomic E-state index is 0.0392. The number of carbonyl (C=O) groups is 4. The predicted octanol–water partition coefficient (Wildman–Crippen LogP) is 0.336. The molecule has 2 rings (SSSR count). The van der Waals surface area contributed by atoms with Gasteiger partial charge in [0.1, 0.15) is 19.7 Å². The molecular weight excluding hydrogens is 344 g/mol. The highest BCUT2D eigenvalue weighted by molar-refractivity contribution is 6.01. The van der Waals surface area contributed by atoms with Gasteiger partial charge in [0.15, 0.2) is 0 Å². The average Bonchev–Trinajstić information content (AvgIpc) is 2.96. The summed E-state index contributed by atoms with van der Waals surface area (Å²) in [6.07, 6.45) is 0.484. The number of carbonyl (C=O) groups excluding carboxylic acids is 4. The Bertz CT molecular complexity index is 706. The molecule has 0 spiro atoms. The van der Waals surface area contributed by atoms with Crippen LogP contribution in [-0.2, 0) is 25.7 Å². The van der Waals surface area contributed by atoms with Crippen molar-refractivity contribution in [3.63, 3.8) is 0 Å². The van der Waals surface area contributed by atoms with Gasteiger partial charge in [-0.15, -0.1) is 0 Å². The van der Waals surface area contributed by atoms with E-state index in [1.54, 1.807) is 12.1 Å². The maximum atomic E-state index is 12.2. The van der Waals surface area contributed by atoms with Crippen molar-refractivity contribution in [1.29, 1.82) is 0 Å². The van der Waals surface area contributed by atoms with Crippen molar-refractivity contribution in [2.45, 2.75) is 6.61 Å². The van der Waals surface area contributed by atoms with Crippen LogP contribution in [0.2, 0.25) is 0 Å². The first-order valence-corrected chi connectivity index (χ1v) is 7.66. The van der Waals surface area contributed by atoms with Crippen molar-refractivity contribution in [1.82, 2.24) is 15.2 Å². The van der Waals surface area contributed by atoms with E-state index in [0.717, 1.165) is 15.5 Å². The van der Waals surface area contributed by atoms with Crippen LogP contribution in [0.15, 0.2) is 35.4 Å². The summed E-state index contributed by atoms with van der Waals surface area (Å²) in [6.45, 7) is -0.621. The number of ether oxygens (including phenoxy) is 2. The first-order chi connectivity index (χ1) is 12.5.